The zero-order valence-corrected chi connectivity index (χ0v) is 16.5. The molecule has 3 N–H and O–H groups in total. The molecule has 0 atom stereocenters. The van der Waals surface area contributed by atoms with Crippen LogP contribution < -0.4 is 20.5 Å². The van der Waals surface area contributed by atoms with Crippen molar-refractivity contribution >= 4 is 22.6 Å². The Kier molecular flexibility index (Phi) is 5.63. The second-order valence-corrected chi connectivity index (χ2v) is 6.71. The Morgan fingerprint density at radius 3 is 2.67 bits per heavy atom. The minimum Gasteiger partial charge on any atom is -0.492 e. The molecule has 1 heterocycles. The topological polar surface area (TPSA) is 91.4 Å². The first-order chi connectivity index (χ1) is 14.6. The summed E-state index contributed by atoms with van der Waals surface area (Å²) in [4.78, 5) is 12.4. The average molecular weight is 402 g/mol. The van der Waals surface area contributed by atoms with Gasteiger partial charge in [-0.2, -0.15) is 5.10 Å². The predicted molar refractivity (Wildman–Crippen MR) is 117 cm³/mol. The number of rotatable bonds is 6. The van der Waals surface area contributed by atoms with Gasteiger partial charge in [-0.3, -0.25) is 10.00 Å². The van der Waals surface area contributed by atoms with Crippen molar-refractivity contribution in [2.24, 2.45) is 12.8 Å². The Morgan fingerprint density at radius 1 is 1.07 bits per heavy atom. The number of carbonyl (C=O) groups is 1. The normalized spacial score (nSPS) is 10.7. The standard InChI is InChI=1S/C23H22N4O3/c1-27-21(10-12-25-27)20-15-18(7-9-22(20)29-13-11-24)26-23(28)30-19-8-6-16-4-2-3-5-17(16)14-19/h2-10,12,14-15H,11,13,24H2,1H3,(H,26,28). The van der Waals surface area contributed by atoms with E-state index in [4.69, 9.17) is 15.2 Å². The van der Waals surface area contributed by atoms with Gasteiger partial charge in [0.1, 0.15) is 18.1 Å². The van der Waals surface area contributed by atoms with E-state index in [0.717, 1.165) is 22.0 Å². The summed E-state index contributed by atoms with van der Waals surface area (Å²) in [7, 11) is 1.84. The minimum absolute atomic E-state index is 0.391. The van der Waals surface area contributed by atoms with Crippen molar-refractivity contribution in [1.82, 2.24) is 9.78 Å². The molecule has 0 saturated heterocycles. The zero-order chi connectivity index (χ0) is 20.9. The summed E-state index contributed by atoms with van der Waals surface area (Å²) in [6, 6.07) is 20.7. The van der Waals surface area contributed by atoms with E-state index in [9.17, 15) is 4.79 Å². The smallest absolute Gasteiger partial charge is 0.417 e. The van der Waals surface area contributed by atoms with Crippen LogP contribution >= 0.6 is 0 Å². The molecule has 4 rings (SSSR count). The van der Waals surface area contributed by atoms with Gasteiger partial charge in [0.05, 0.1) is 5.69 Å². The Bertz CT molecular complexity index is 1190. The fourth-order valence-corrected chi connectivity index (χ4v) is 3.22. The zero-order valence-electron chi connectivity index (χ0n) is 16.5. The van der Waals surface area contributed by atoms with Crippen molar-refractivity contribution in [3.63, 3.8) is 0 Å². The highest BCUT2D eigenvalue weighted by molar-refractivity contribution is 5.89. The molecule has 0 bridgehead atoms. The summed E-state index contributed by atoms with van der Waals surface area (Å²) in [6.07, 6.45) is 1.13. The van der Waals surface area contributed by atoms with E-state index in [2.05, 4.69) is 10.4 Å². The molecule has 0 radical (unpaired) electrons. The van der Waals surface area contributed by atoms with Gasteiger partial charge in [0.15, 0.2) is 0 Å². The highest BCUT2D eigenvalue weighted by atomic mass is 16.6. The van der Waals surface area contributed by atoms with Gasteiger partial charge >= 0.3 is 6.09 Å². The first-order valence-corrected chi connectivity index (χ1v) is 9.57. The summed E-state index contributed by atoms with van der Waals surface area (Å²) in [5, 5.41) is 9.07. The molecular weight excluding hydrogens is 380 g/mol. The number of nitrogens with zero attached hydrogens (tertiary/aromatic N) is 2. The largest absolute Gasteiger partial charge is 0.492 e. The summed E-state index contributed by atoms with van der Waals surface area (Å²) < 4.78 is 12.9. The Labute approximate surface area is 174 Å². The van der Waals surface area contributed by atoms with Crippen LogP contribution in [0.2, 0.25) is 0 Å². The van der Waals surface area contributed by atoms with Gasteiger partial charge in [-0.25, -0.2) is 4.79 Å². The van der Waals surface area contributed by atoms with Crippen molar-refractivity contribution in [2.45, 2.75) is 0 Å². The van der Waals surface area contributed by atoms with Crippen LogP contribution in [0.4, 0.5) is 10.5 Å². The minimum atomic E-state index is -0.572. The molecule has 152 valence electrons. The molecule has 3 aromatic carbocycles. The Morgan fingerprint density at radius 2 is 1.90 bits per heavy atom. The van der Waals surface area contributed by atoms with E-state index in [1.165, 1.54) is 0 Å². The molecule has 1 amide bonds. The quantitative estimate of drug-likeness (QED) is 0.505. The lowest BCUT2D eigenvalue weighted by Crippen LogP contribution is -2.17. The van der Waals surface area contributed by atoms with Gasteiger partial charge in [-0.05, 0) is 47.2 Å². The lowest BCUT2D eigenvalue weighted by Gasteiger charge is -2.14. The van der Waals surface area contributed by atoms with Gasteiger partial charge in [0.2, 0.25) is 0 Å². The summed E-state index contributed by atoms with van der Waals surface area (Å²) in [5.41, 5.74) is 7.80. The number of fused-ring (bicyclic) bond motifs is 1. The number of hydrogen-bond donors (Lipinski definition) is 2. The Hall–Kier alpha value is -3.84. The lowest BCUT2D eigenvalue weighted by atomic mass is 10.1. The van der Waals surface area contributed by atoms with E-state index in [0.29, 0.717) is 30.3 Å². The molecule has 30 heavy (non-hydrogen) atoms. The lowest BCUT2D eigenvalue weighted by molar-refractivity contribution is 0.215. The number of benzene rings is 3. The molecule has 0 spiro atoms. The fraction of sp³-hybridized carbons (Fsp3) is 0.130. The number of nitrogens with one attached hydrogen (secondary N) is 1. The van der Waals surface area contributed by atoms with Crippen LogP contribution in [0, 0.1) is 0 Å². The van der Waals surface area contributed by atoms with E-state index in [-0.39, 0.29) is 0 Å². The molecule has 0 fully saturated rings. The molecule has 0 aliphatic carbocycles. The maximum atomic E-state index is 12.4. The van der Waals surface area contributed by atoms with Crippen molar-refractivity contribution < 1.29 is 14.3 Å². The van der Waals surface area contributed by atoms with Crippen LogP contribution in [0.5, 0.6) is 11.5 Å². The van der Waals surface area contributed by atoms with E-state index < -0.39 is 6.09 Å². The van der Waals surface area contributed by atoms with Crippen molar-refractivity contribution in [3.05, 3.63) is 72.9 Å². The van der Waals surface area contributed by atoms with Crippen LogP contribution in [-0.2, 0) is 7.05 Å². The van der Waals surface area contributed by atoms with Gasteiger partial charge in [-0.15, -0.1) is 0 Å². The highest BCUT2D eigenvalue weighted by Crippen LogP contribution is 2.32. The van der Waals surface area contributed by atoms with E-state index >= 15 is 0 Å². The fourth-order valence-electron chi connectivity index (χ4n) is 3.22. The summed E-state index contributed by atoms with van der Waals surface area (Å²) in [6.45, 7) is 0.796. The summed E-state index contributed by atoms with van der Waals surface area (Å²) >= 11 is 0. The van der Waals surface area contributed by atoms with Crippen molar-refractivity contribution in [3.8, 4) is 22.8 Å². The molecule has 1 aromatic heterocycles. The van der Waals surface area contributed by atoms with E-state index in [1.807, 2.05) is 55.6 Å². The number of carbonyl (C=O) groups excluding carboxylic acids is 1. The van der Waals surface area contributed by atoms with Crippen molar-refractivity contribution in [2.75, 3.05) is 18.5 Å². The van der Waals surface area contributed by atoms with Crippen LogP contribution in [0.1, 0.15) is 0 Å². The van der Waals surface area contributed by atoms with Crippen LogP contribution in [0.3, 0.4) is 0 Å². The van der Waals surface area contributed by atoms with Crippen LogP contribution in [0.15, 0.2) is 72.9 Å². The number of hydrogen-bond acceptors (Lipinski definition) is 5. The molecule has 0 saturated carbocycles. The number of aryl methyl sites for hydroxylation is 1. The Balaban J connectivity index is 1.54. The van der Waals surface area contributed by atoms with Gasteiger partial charge in [-0.1, -0.05) is 30.3 Å². The van der Waals surface area contributed by atoms with Crippen LogP contribution in [-0.4, -0.2) is 29.0 Å². The predicted octanol–water partition coefficient (Wildman–Crippen LogP) is 4.19. The van der Waals surface area contributed by atoms with Crippen molar-refractivity contribution in [1.29, 1.82) is 0 Å². The average Bonchev–Trinajstić information content (AvgIpc) is 3.18. The highest BCUT2D eigenvalue weighted by Gasteiger charge is 2.13. The maximum absolute atomic E-state index is 12.4. The maximum Gasteiger partial charge on any atom is 0.417 e. The molecule has 0 aliphatic heterocycles. The molecule has 0 aliphatic rings. The monoisotopic (exact) mass is 402 g/mol. The molecular formula is C23H22N4O3. The molecule has 7 heteroatoms. The number of ether oxygens (including phenoxy) is 2. The number of anilines is 1. The van der Waals surface area contributed by atoms with Crippen LogP contribution in [0.25, 0.3) is 22.0 Å². The van der Waals surface area contributed by atoms with Gasteiger partial charge in [0.25, 0.3) is 0 Å². The first kappa shape index (κ1) is 19.5. The third-order valence-electron chi connectivity index (χ3n) is 4.63. The van der Waals surface area contributed by atoms with Gasteiger partial charge in [0, 0.05) is 31.0 Å². The number of amides is 1. The second kappa shape index (κ2) is 8.67. The summed E-state index contributed by atoms with van der Waals surface area (Å²) in [5.74, 6) is 1.14. The number of nitrogens with two attached hydrogens (primary N) is 1. The number of aromatic nitrogens is 2. The van der Waals surface area contributed by atoms with E-state index in [1.54, 1.807) is 29.1 Å². The second-order valence-electron chi connectivity index (χ2n) is 6.71. The molecule has 4 aromatic rings. The third kappa shape index (κ3) is 4.26. The molecule has 0 unspecified atom stereocenters. The third-order valence-corrected chi connectivity index (χ3v) is 4.63. The SMILES string of the molecule is Cn1nccc1-c1cc(NC(=O)Oc2ccc3ccccc3c2)ccc1OCCN. The van der Waals surface area contributed by atoms with Gasteiger partial charge < -0.3 is 15.2 Å². The first-order valence-electron chi connectivity index (χ1n) is 9.57. The molecule has 7 nitrogen and oxygen atoms in total.